The van der Waals surface area contributed by atoms with Gasteiger partial charge in [-0.25, -0.2) is 18.4 Å². The van der Waals surface area contributed by atoms with Crippen molar-refractivity contribution in [1.29, 1.82) is 0 Å². The minimum absolute atomic E-state index is 0.00796. The molecule has 184 valence electrons. The maximum atomic E-state index is 12.5. The molecule has 0 aliphatic heterocycles. The molecule has 0 amide bonds. The largest absolute Gasteiger partial charge is 0.439 e. The van der Waals surface area contributed by atoms with Crippen LogP contribution in [0.2, 0.25) is 0 Å². The molecular weight excluding hydrogens is 494 g/mol. The second-order valence-electron chi connectivity index (χ2n) is 8.15. The first-order valence-electron chi connectivity index (χ1n) is 11.1. The van der Waals surface area contributed by atoms with Crippen molar-refractivity contribution in [3.63, 3.8) is 0 Å². The quantitative estimate of drug-likeness (QED) is 0.275. The fourth-order valence-electron chi connectivity index (χ4n) is 3.49. The van der Waals surface area contributed by atoms with Gasteiger partial charge in [-0.3, -0.25) is 4.79 Å². The Morgan fingerprint density at radius 2 is 1.64 bits per heavy atom. The van der Waals surface area contributed by atoms with Gasteiger partial charge in [0.15, 0.2) is 9.84 Å². The standard InChI is InChI=1S/C27H25N3O4S2/c1-35-24-12-8-21(9-13-24)30-26-17-27(29-18-28-26)34-23-10-6-19(7-11-23)14-22(31)15-20-4-3-5-25(16-20)36(2,32)33/h3-13,16-18H,14-15H2,1-2H3,(H,28,29,30). The number of benzene rings is 3. The van der Waals surface area contributed by atoms with Crippen LogP contribution in [0.25, 0.3) is 0 Å². The average molecular weight is 520 g/mol. The van der Waals surface area contributed by atoms with E-state index in [9.17, 15) is 13.2 Å². The lowest BCUT2D eigenvalue weighted by Crippen LogP contribution is -2.07. The summed E-state index contributed by atoms with van der Waals surface area (Å²) in [6.45, 7) is 0. The molecule has 4 aromatic rings. The summed E-state index contributed by atoms with van der Waals surface area (Å²) in [4.78, 5) is 22.3. The fraction of sp³-hybridized carbons (Fsp3) is 0.148. The molecule has 0 radical (unpaired) electrons. The van der Waals surface area contributed by atoms with E-state index in [1.54, 1.807) is 48.2 Å². The van der Waals surface area contributed by atoms with Crippen molar-refractivity contribution >= 4 is 38.9 Å². The van der Waals surface area contributed by atoms with Crippen molar-refractivity contribution in [3.8, 4) is 11.6 Å². The van der Waals surface area contributed by atoms with Crippen molar-refractivity contribution in [1.82, 2.24) is 9.97 Å². The number of carbonyl (C=O) groups excluding carboxylic acids is 1. The van der Waals surface area contributed by atoms with E-state index in [1.165, 1.54) is 17.3 Å². The van der Waals surface area contributed by atoms with Crippen molar-refractivity contribution in [3.05, 3.63) is 96.3 Å². The number of nitrogens with zero attached hydrogens (tertiary/aromatic N) is 2. The summed E-state index contributed by atoms with van der Waals surface area (Å²) in [5.41, 5.74) is 2.43. The van der Waals surface area contributed by atoms with Crippen molar-refractivity contribution in [2.24, 2.45) is 0 Å². The van der Waals surface area contributed by atoms with E-state index < -0.39 is 9.84 Å². The Morgan fingerprint density at radius 1 is 0.917 bits per heavy atom. The van der Waals surface area contributed by atoms with Crippen LogP contribution in [0.4, 0.5) is 11.5 Å². The first-order valence-corrected chi connectivity index (χ1v) is 14.2. The summed E-state index contributed by atoms with van der Waals surface area (Å²) in [6, 6.07) is 23.5. The molecule has 1 N–H and O–H groups in total. The Kier molecular flexibility index (Phi) is 8.02. The maximum Gasteiger partial charge on any atom is 0.224 e. The molecule has 1 aromatic heterocycles. The lowest BCUT2D eigenvalue weighted by atomic mass is 10.0. The zero-order chi connectivity index (χ0) is 25.5. The first kappa shape index (κ1) is 25.4. The normalized spacial score (nSPS) is 11.2. The van der Waals surface area contributed by atoms with E-state index in [2.05, 4.69) is 15.3 Å². The van der Waals surface area contributed by atoms with Crippen LogP contribution in [0.1, 0.15) is 11.1 Å². The minimum Gasteiger partial charge on any atom is -0.439 e. The van der Waals surface area contributed by atoms with Gasteiger partial charge in [-0.05, 0) is 65.9 Å². The number of rotatable bonds is 10. The van der Waals surface area contributed by atoms with Crippen LogP contribution >= 0.6 is 11.8 Å². The number of ether oxygens (including phenoxy) is 1. The van der Waals surface area contributed by atoms with E-state index in [4.69, 9.17) is 4.74 Å². The smallest absolute Gasteiger partial charge is 0.224 e. The molecule has 0 saturated carbocycles. The van der Waals surface area contributed by atoms with Crippen LogP contribution in [-0.2, 0) is 27.5 Å². The predicted octanol–water partition coefficient (Wildman–Crippen LogP) is 5.49. The molecular formula is C27H25N3O4S2. The Morgan fingerprint density at radius 3 is 2.33 bits per heavy atom. The van der Waals surface area contributed by atoms with Gasteiger partial charge in [0.2, 0.25) is 5.88 Å². The lowest BCUT2D eigenvalue weighted by Gasteiger charge is -2.09. The van der Waals surface area contributed by atoms with Crippen LogP contribution in [0, 0.1) is 0 Å². The van der Waals surface area contributed by atoms with Crippen LogP contribution in [0.5, 0.6) is 11.6 Å². The topological polar surface area (TPSA) is 98.2 Å². The van der Waals surface area contributed by atoms with Gasteiger partial charge >= 0.3 is 0 Å². The van der Waals surface area contributed by atoms with Gasteiger partial charge in [-0.15, -0.1) is 11.8 Å². The zero-order valence-corrected chi connectivity index (χ0v) is 21.5. The number of aromatic nitrogens is 2. The lowest BCUT2D eigenvalue weighted by molar-refractivity contribution is -0.117. The molecule has 3 aromatic carbocycles. The van der Waals surface area contributed by atoms with E-state index >= 15 is 0 Å². The van der Waals surface area contributed by atoms with Gasteiger partial charge in [0.05, 0.1) is 4.90 Å². The number of thioether (sulfide) groups is 1. The van der Waals surface area contributed by atoms with Gasteiger partial charge < -0.3 is 10.1 Å². The van der Waals surface area contributed by atoms with E-state index in [0.717, 1.165) is 17.5 Å². The Labute approximate surface area is 214 Å². The summed E-state index contributed by atoms with van der Waals surface area (Å²) in [5.74, 6) is 1.58. The fourth-order valence-corrected chi connectivity index (χ4v) is 4.59. The number of Topliss-reactive ketones (excluding diaryl/α,β-unsaturated/α-hetero) is 1. The number of hydrogen-bond acceptors (Lipinski definition) is 8. The highest BCUT2D eigenvalue weighted by molar-refractivity contribution is 7.98. The zero-order valence-electron chi connectivity index (χ0n) is 19.8. The van der Waals surface area contributed by atoms with Crippen LogP contribution < -0.4 is 10.1 Å². The molecule has 7 nitrogen and oxygen atoms in total. The number of nitrogens with one attached hydrogen (secondary N) is 1. The van der Waals surface area contributed by atoms with Crippen LogP contribution in [-0.4, -0.2) is 36.7 Å². The molecule has 4 rings (SSSR count). The molecule has 1 heterocycles. The second-order valence-corrected chi connectivity index (χ2v) is 11.0. The maximum absolute atomic E-state index is 12.5. The number of hydrogen-bond donors (Lipinski definition) is 1. The summed E-state index contributed by atoms with van der Waals surface area (Å²) in [7, 11) is -3.31. The Balaban J connectivity index is 1.35. The summed E-state index contributed by atoms with van der Waals surface area (Å²) in [5, 5.41) is 3.23. The van der Waals surface area contributed by atoms with Gasteiger partial charge in [0, 0.05) is 35.7 Å². The molecule has 0 fully saturated rings. The highest BCUT2D eigenvalue weighted by Gasteiger charge is 2.11. The van der Waals surface area contributed by atoms with Crippen molar-refractivity contribution < 1.29 is 17.9 Å². The number of carbonyl (C=O) groups is 1. The molecule has 0 bridgehead atoms. The van der Waals surface area contributed by atoms with Crippen LogP contribution in [0.15, 0.2) is 95.0 Å². The van der Waals surface area contributed by atoms with E-state index in [0.29, 0.717) is 23.0 Å². The van der Waals surface area contributed by atoms with Gasteiger partial charge in [0.1, 0.15) is 23.7 Å². The SMILES string of the molecule is CSc1ccc(Nc2cc(Oc3ccc(CC(=O)Cc4cccc(S(C)(=O)=O)c4)cc3)ncn2)cc1. The Bertz CT molecular complexity index is 1460. The number of ketones is 1. The number of anilines is 2. The molecule has 0 saturated heterocycles. The number of sulfone groups is 1. The van der Waals surface area contributed by atoms with Crippen LogP contribution in [0.3, 0.4) is 0 Å². The molecule has 0 aliphatic rings. The first-order chi connectivity index (χ1) is 17.3. The van der Waals surface area contributed by atoms with Gasteiger partial charge in [-0.1, -0.05) is 24.3 Å². The summed E-state index contributed by atoms with van der Waals surface area (Å²) < 4.78 is 29.3. The second kappa shape index (κ2) is 11.4. The third kappa shape index (κ3) is 7.16. The molecule has 0 spiro atoms. The third-order valence-electron chi connectivity index (χ3n) is 5.28. The van der Waals surface area contributed by atoms with Crippen molar-refractivity contribution in [2.45, 2.75) is 22.6 Å². The molecule has 0 atom stereocenters. The third-order valence-corrected chi connectivity index (χ3v) is 7.13. The van der Waals surface area contributed by atoms with Gasteiger partial charge in [0.25, 0.3) is 0 Å². The highest BCUT2D eigenvalue weighted by atomic mass is 32.2. The van der Waals surface area contributed by atoms with E-state index in [1.807, 2.05) is 42.7 Å². The Hall–Kier alpha value is -3.69. The van der Waals surface area contributed by atoms with Gasteiger partial charge in [-0.2, -0.15) is 0 Å². The van der Waals surface area contributed by atoms with Crippen molar-refractivity contribution in [2.75, 3.05) is 17.8 Å². The molecule has 36 heavy (non-hydrogen) atoms. The molecule has 0 aliphatic carbocycles. The molecule has 9 heteroatoms. The summed E-state index contributed by atoms with van der Waals surface area (Å²) >= 11 is 1.68. The molecule has 0 unspecified atom stereocenters. The van der Waals surface area contributed by atoms with E-state index in [-0.39, 0.29) is 23.5 Å². The monoisotopic (exact) mass is 519 g/mol. The predicted molar refractivity (Wildman–Crippen MR) is 142 cm³/mol. The minimum atomic E-state index is -3.31. The summed E-state index contributed by atoms with van der Waals surface area (Å²) in [6.07, 6.45) is 5.02. The average Bonchev–Trinajstić information content (AvgIpc) is 2.85. The highest BCUT2D eigenvalue weighted by Crippen LogP contribution is 2.24.